The molecule has 0 unspecified atom stereocenters. The van der Waals surface area contributed by atoms with Gasteiger partial charge >= 0.3 is 0 Å². The summed E-state index contributed by atoms with van der Waals surface area (Å²) in [6.45, 7) is 3.24. The summed E-state index contributed by atoms with van der Waals surface area (Å²) in [6, 6.07) is 8.08. The summed E-state index contributed by atoms with van der Waals surface area (Å²) in [5.74, 6) is -0.343. The van der Waals surface area contributed by atoms with E-state index in [4.69, 9.17) is 0 Å². The number of nitrogens with one attached hydrogen (secondary N) is 1. The number of thiophene rings is 1. The van der Waals surface area contributed by atoms with Gasteiger partial charge in [-0.1, -0.05) is 0 Å². The van der Waals surface area contributed by atoms with E-state index in [1.807, 2.05) is 0 Å². The van der Waals surface area contributed by atoms with Crippen LogP contribution in [0.15, 0.2) is 29.2 Å². The maximum atomic E-state index is 12.4. The average Bonchev–Trinajstić information content (AvgIpc) is 3.15. The van der Waals surface area contributed by atoms with Gasteiger partial charge in [0.15, 0.2) is 9.84 Å². The van der Waals surface area contributed by atoms with Crippen LogP contribution >= 0.6 is 11.3 Å². The Morgan fingerprint density at radius 2 is 1.92 bits per heavy atom. The minimum Gasteiger partial charge on any atom is -0.312 e. The highest BCUT2D eigenvalue weighted by Crippen LogP contribution is 2.38. The number of rotatable bonds is 4. The Morgan fingerprint density at radius 3 is 2.52 bits per heavy atom. The van der Waals surface area contributed by atoms with Crippen molar-refractivity contribution in [3.8, 4) is 6.07 Å². The summed E-state index contributed by atoms with van der Waals surface area (Å²) in [5.41, 5.74) is 1.98. The van der Waals surface area contributed by atoms with E-state index in [1.54, 1.807) is 13.8 Å². The lowest BCUT2D eigenvalue weighted by Crippen LogP contribution is -2.15. The van der Waals surface area contributed by atoms with Crippen LogP contribution in [0, 0.1) is 11.3 Å². The van der Waals surface area contributed by atoms with E-state index in [2.05, 4.69) is 11.4 Å². The van der Waals surface area contributed by atoms with E-state index < -0.39 is 15.1 Å². The smallest absolute Gasteiger partial charge is 0.256 e. The Hall–Kier alpha value is -2.17. The number of hydrogen-bond donors (Lipinski definition) is 1. The third kappa shape index (κ3) is 3.20. The molecule has 2 aromatic rings. The molecule has 0 saturated carbocycles. The summed E-state index contributed by atoms with van der Waals surface area (Å²) < 4.78 is 24.3. The van der Waals surface area contributed by atoms with Crippen molar-refractivity contribution in [3.63, 3.8) is 0 Å². The molecule has 1 aliphatic rings. The molecule has 1 amide bonds. The Bertz CT molecular complexity index is 965. The first-order valence-corrected chi connectivity index (χ1v) is 10.4. The van der Waals surface area contributed by atoms with E-state index in [0.29, 0.717) is 16.1 Å². The van der Waals surface area contributed by atoms with Crippen molar-refractivity contribution in [1.82, 2.24) is 0 Å². The Kier molecular flexibility index (Phi) is 4.67. The van der Waals surface area contributed by atoms with Gasteiger partial charge in [0.05, 0.1) is 15.7 Å². The summed E-state index contributed by atoms with van der Waals surface area (Å²) in [4.78, 5) is 13.8. The Balaban J connectivity index is 1.82. The number of hydrogen-bond acceptors (Lipinski definition) is 5. The van der Waals surface area contributed by atoms with Crippen LogP contribution in [0.5, 0.6) is 0 Å². The van der Waals surface area contributed by atoms with Crippen molar-refractivity contribution in [2.24, 2.45) is 0 Å². The average molecular weight is 374 g/mol. The van der Waals surface area contributed by atoms with Gasteiger partial charge in [0.25, 0.3) is 5.91 Å². The summed E-state index contributed by atoms with van der Waals surface area (Å²) in [6.07, 6.45) is 2.88. The molecule has 1 aliphatic carbocycles. The number of aryl methyl sites for hydroxylation is 1. The number of nitrogens with zero attached hydrogens (tertiary/aromatic N) is 1. The van der Waals surface area contributed by atoms with Gasteiger partial charge in [-0.25, -0.2) is 8.42 Å². The van der Waals surface area contributed by atoms with Crippen molar-refractivity contribution in [2.45, 2.75) is 43.3 Å². The number of nitriles is 1. The van der Waals surface area contributed by atoms with Gasteiger partial charge in [-0.05, 0) is 62.9 Å². The van der Waals surface area contributed by atoms with Gasteiger partial charge in [-0.15, -0.1) is 11.3 Å². The maximum absolute atomic E-state index is 12.4. The third-order valence-electron chi connectivity index (χ3n) is 4.33. The van der Waals surface area contributed by atoms with E-state index >= 15 is 0 Å². The molecule has 0 saturated heterocycles. The molecular formula is C18H18N2O3S2. The van der Waals surface area contributed by atoms with E-state index in [1.165, 1.54) is 40.5 Å². The largest absolute Gasteiger partial charge is 0.312 e. The molecule has 0 atom stereocenters. The lowest BCUT2D eigenvalue weighted by atomic mass is 10.1. The Morgan fingerprint density at radius 1 is 1.24 bits per heavy atom. The fraction of sp³-hybridized carbons (Fsp3) is 0.333. The molecule has 1 heterocycles. The van der Waals surface area contributed by atoms with Crippen molar-refractivity contribution in [3.05, 3.63) is 45.8 Å². The zero-order valence-corrected chi connectivity index (χ0v) is 15.6. The van der Waals surface area contributed by atoms with Gasteiger partial charge in [0.2, 0.25) is 0 Å². The second-order valence-corrected chi connectivity index (χ2v) is 9.85. The van der Waals surface area contributed by atoms with Crippen LogP contribution in [-0.2, 0) is 22.7 Å². The molecule has 0 aliphatic heterocycles. The first-order valence-electron chi connectivity index (χ1n) is 8.04. The number of carbonyl (C=O) groups excluding carboxylic acids is 1. The van der Waals surface area contributed by atoms with Crippen molar-refractivity contribution >= 4 is 32.1 Å². The number of benzene rings is 1. The van der Waals surface area contributed by atoms with Crippen LogP contribution in [0.2, 0.25) is 0 Å². The maximum Gasteiger partial charge on any atom is 0.256 e. The minimum absolute atomic E-state index is 0.201. The van der Waals surface area contributed by atoms with Crippen LogP contribution < -0.4 is 5.32 Å². The summed E-state index contributed by atoms with van der Waals surface area (Å²) in [7, 11) is -3.36. The fourth-order valence-corrected chi connectivity index (χ4v) is 5.15. The minimum atomic E-state index is -3.36. The number of sulfone groups is 1. The van der Waals surface area contributed by atoms with Crippen molar-refractivity contribution in [1.29, 1.82) is 5.26 Å². The van der Waals surface area contributed by atoms with Crippen molar-refractivity contribution in [2.75, 3.05) is 5.32 Å². The van der Waals surface area contributed by atoms with E-state index in [9.17, 15) is 18.5 Å². The molecule has 1 N–H and O–H groups in total. The first-order chi connectivity index (χ1) is 11.8. The molecule has 7 heteroatoms. The van der Waals surface area contributed by atoms with Gasteiger partial charge < -0.3 is 5.32 Å². The normalized spacial score (nSPS) is 13.5. The molecule has 25 heavy (non-hydrogen) atoms. The predicted octanol–water partition coefficient (Wildman–Crippen LogP) is 3.54. The van der Waals surface area contributed by atoms with Gasteiger partial charge in [0.1, 0.15) is 11.1 Å². The second kappa shape index (κ2) is 6.62. The van der Waals surface area contributed by atoms with Crippen LogP contribution in [0.25, 0.3) is 0 Å². The Labute approximate surface area is 151 Å². The number of anilines is 1. The number of carbonyl (C=O) groups is 1. The third-order valence-corrected chi connectivity index (χ3v) is 7.70. The molecule has 0 fully saturated rings. The topological polar surface area (TPSA) is 87.0 Å². The zero-order chi connectivity index (χ0) is 18.2. The monoisotopic (exact) mass is 374 g/mol. The second-order valence-electron chi connectivity index (χ2n) is 6.25. The van der Waals surface area contributed by atoms with Crippen LogP contribution in [0.3, 0.4) is 0 Å². The fourth-order valence-electron chi connectivity index (χ4n) is 2.85. The quantitative estimate of drug-likeness (QED) is 0.887. The van der Waals surface area contributed by atoms with E-state index in [0.717, 1.165) is 24.8 Å². The van der Waals surface area contributed by atoms with Crippen LogP contribution in [0.1, 0.15) is 46.6 Å². The zero-order valence-electron chi connectivity index (χ0n) is 14.0. The van der Waals surface area contributed by atoms with Crippen LogP contribution in [-0.4, -0.2) is 19.6 Å². The first kappa shape index (κ1) is 17.6. The predicted molar refractivity (Wildman–Crippen MR) is 97.8 cm³/mol. The molecule has 1 aromatic heterocycles. The lowest BCUT2D eigenvalue weighted by molar-refractivity contribution is 0.102. The van der Waals surface area contributed by atoms with E-state index in [-0.39, 0.29) is 10.8 Å². The highest BCUT2D eigenvalue weighted by molar-refractivity contribution is 7.92. The summed E-state index contributed by atoms with van der Waals surface area (Å²) >= 11 is 1.46. The van der Waals surface area contributed by atoms with Gasteiger partial charge in [-0.2, -0.15) is 5.26 Å². The molecular weight excluding hydrogens is 356 g/mol. The van der Waals surface area contributed by atoms with Gasteiger partial charge in [-0.3, -0.25) is 4.79 Å². The lowest BCUT2D eigenvalue weighted by Gasteiger charge is -2.09. The molecule has 0 radical (unpaired) electrons. The van der Waals surface area contributed by atoms with Crippen LogP contribution in [0.4, 0.5) is 5.00 Å². The molecule has 5 nitrogen and oxygen atoms in total. The number of fused-ring (bicyclic) bond motifs is 1. The molecule has 0 spiro atoms. The number of amides is 1. The molecule has 3 rings (SSSR count). The SMILES string of the molecule is CC(C)S(=O)(=O)c1ccc(C(=O)Nc2sc3c(c2C#N)CCC3)cc1. The standard InChI is InChI=1S/C18H18N2O3S2/c1-11(2)25(22,23)13-8-6-12(7-9-13)17(21)20-18-15(10-19)14-4-3-5-16(14)24-18/h6-9,11H,3-5H2,1-2H3,(H,20,21). The molecule has 130 valence electrons. The highest BCUT2D eigenvalue weighted by atomic mass is 32.2. The van der Waals surface area contributed by atoms with Crippen molar-refractivity contribution < 1.29 is 13.2 Å². The summed E-state index contributed by atoms with van der Waals surface area (Å²) in [5, 5.41) is 12.2. The highest BCUT2D eigenvalue weighted by Gasteiger charge is 2.24. The van der Waals surface area contributed by atoms with Gasteiger partial charge in [0, 0.05) is 10.4 Å². The molecule has 1 aromatic carbocycles. The molecule has 0 bridgehead atoms.